The van der Waals surface area contributed by atoms with Crippen molar-refractivity contribution < 1.29 is 19.0 Å². The maximum absolute atomic E-state index is 11.5. The van der Waals surface area contributed by atoms with Gasteiger partial charge in [0, 0.05) is 12.6 Å². The third kappa shape index (κ3) is 1.52. The molecule has 0 aromatic carbocycles. The van der Waals surface area contributed by atoms with Gasteiger partial charge in [0.15, 0.2) is 5.79 Å². The van der Waals surface area contributed by atoms with Crippen LogP contribution in [0.1, 0.15) is 24.0 Å². The van der Waals surface area contributed by atoms with Crippen molar-refractivity contribution in [3.05, 3.63) is 28.5 Å². The summed E-state index contributed by atoms with van der Waals surface area (Å²) < 4.78 is 16.7. The normalized spacial score (nSPS) is 30.4. The fourth-order valence-electron chi connectivity index (χ4n) is 3.31. The predicted octanol–water partition coefficient (Wildman–Crippen LogP) is 1.66. The van der Waals surface area contributed by atoms with Gasteiger partial charge in [-0.3, -0.25) is 0 Å². The largest absolute Gasteiger partial charge is 0.447 e. The third-order valence-corrected chi connectivity index (χ3v) is 4.51. The lowest BCUT2D eigenvalue weighted by molar-refractivity contribution is -0.181. The van der Waals surface area contributed by atoms with E-state index in [4.69, 9.17) is 25.8 Å². The number of carbonyl (C=O) groups excluding carboxylic acids is 1. The Balaban J connectivity index is 1.90. The Kier molecular flexibility index (Phi) is 2.52. The number of halogens is 1. The molecular formula is C13H13ClN2O4. The number of nitrogens with one attached hydrogen (secondary N) is 1. The fourth-order valence-corrected chi connectivity index (χ4v) is 3.62. The lowest BCUT2D eigenvalue weighted by Gasteiger charge is -2.41. The van der Waals surface area contributed by atoms with Gasteiger partial charge in [0.25, 0.3) is 0 Å². The van der Waals surface area contributed by atoms with Gasteiger partial charge in [0.1, 0.15) is 17.3 Å². The van der Waals surface area contributed by atoms with E-state index in [0.29, 0.717) is 31.2 Å². The number of pyridine rings is 1. The van der Waals surface area contributed by atoms with Gasteiger partial charge < -0.3 is 19.5 Å². The van der Waals surface area contributed by atoms with Gasteiger partial charge in [-0.25, -0.2) is 9.78 Å². The highest BCUT2D eigenvalue weighted by Gasteiger charge is 2.54. The molecule has 3 heterocycles. The lowest BCUT2D eigenvalue weighted by atomic mass is 9.75. The standard InChI is InChI=1S/C13H13ClN2O4/c14-10-9-8(1-4-15-10)12(7-18-11(17)16-12)2-3-13(9)19-5-6-20-13/h1,4H,2-3,5-7H2,(H,16,17)/t12-/m1/s1. The zero-order valence-electron chi connectivity index (χ0n) is 10.6. The summed E-state index contributed by atoms with van der Waals surface area (Å²) in [4.78, 5) is 15.6. The summed E-state index contributed by atoms with van der Waals surface area (Å²) in [6, 6.07) is 1.85. The minimum absolute atomic E-state index is 0.287. The number of alkyl carbamates (subject to hydrolysis) is 1. The Morgan fingerprint density at radius 3 is 2.80 bits per heavy atom. The van der Waals surface area contributed by atoms with E-state index in [1.807, 2.05) is 6.07 Å². The van der Waals surface area contributed by atoms with Crippen LogP contribution >= 0.6 is 11.6 Å². The molecular weight excluding hydrogens is 284 g/mol. The number of fused-ring (bicyclic) bond motifs is 3. The summed E-state index contributed by atoms with van der Waals surface area (Å²) in [5.41, 5.74) is 1.03. The topological polar surface area (TPSA) is 69.7 Å². The fraction of sp³-hybridized carbons (Fsp3) is 0.538. The molecule has 0 bridgehead atoms. The van der Waals surface area contributed by atoms with Gasteiger partial charge in [0.05, 0.1) is 18.8 Å². The van der Waals surface area contributed by atoms with E-state index in [2.05, 4.69) is 10.3 Å². The quantitative estimate of drug-likeness (QED) is 0.737. The first kappa shape index (κ1) is 12.4. The van der Waals surface area contributed by atoms with Crippen molar-refractivity contribution in [3.8, 4) is 0 Å². The monoisotopic (exact) mass is 296 g/mol. The van der Waals surface area contributed by atoms with E-state index in [-0.39, 0.29) is 6.61 Å². The molecule has 1 aromatic rings. The number of aromatic nitrogens is 1. The highest BCUT2D eigenvalue weighted by atomic mass is 35.5. The molecule has 0 saturated carbocycles. The maximum atomic E-state index is 11.5. The first-order valence-corrected chi connectivity index (χ1v) is 6.91. The summed E-state index contributed by atoms with van der Waals surface area (Å²) in [5, 5.41) is 3.25. The second kappa shape index (κ2) is 4.07. The molecule has 20 heavy (non-hydrogen) atoms. The summed E-state index contributed by atoms with van der Waals surface area (Å²) >= 11 is 6.29. The molecule has 0 unspecified atom stereocenters. The van der Waals surface area contributed by atoms with Crippen molar-refractivity contribution in [1.29, 1.82) is 0 Å². The van der Waals surface area contributed by atoms with Crippen LogP contribution in [-0.2, 0) is 25.5 Å². The van der Waals surface area contributed by atoms with E-state index in [1.165, 1.54) is 0 Å². The number of ether oxygens (including phenoxy) is 3. The Hall–Kier alpha value is -1.37. The van der Waals surface area contributed by atoms with Crippen molar-refractivity contribution in [2.24, 2.45) is 0 Å². The highest BCUT2D eigenvalue weighted by Crippen LogP contribution is 2.50. The van der Waals surface area contributed by atoms with Crippen molar-refractivity contribution in [3.63, 3.8) is 0 Å². The van der Waals surface area contributed by atoms with Crippen LogP contribution < -0.4 is 5.32 Å². The van der Waals surface area contributed by atoms with Crippen LogP contribution in [-0.4, -0.2) is 30.9 Å². The molecule has 4 rings (SSSR count). The maximum Gasteiger partial charge on any atom is 0.408 e. The van der Waals surface area contributed by atoms with Gasteiger partial charge in [-0.1, -0.05) is 11.6 Å². The number of carbonyl (C=O) groups is 1. The molecule has 1 aromatic heterocycles. The van der Waals surface area contributed by atoms with Crippen LogP contribution in [0.2, 0.25) is 5.15 Å². The van der Waals surface area contributed by atoms with E-state index in [0.717, 1.165) is 11.1 Å². The highest BCUT2D eigenvalue weighted by molar-refractivity contribution is 6.30. The molecule has 2 saturated heterocycles. The van der Waals surface area contributed by atoms with Crippen LogP contribution in [0.5, 0.6) is 0 Å². The van der Waals surface area contributed by atoms with Gasteiger partial charge in [-0.15, -0.1) is 0 Å². The molecule has 3 aliphatic rings. The molecule has 6 nitrogen and oxygen atoms in total. The van der Waals surface area contributed by atoms with Crippen LogP contribution in [0.4, 0.5) is 4.79 Å². The lowest BCUT2D eigenvalue weighted by Crippen LogP contribution is -2.49. The molecule has 0 radical (unpaired) electrons. The van der Waals surface area contributed by atoms with Crippen molar-refractivity contribution in [2.45, 2.75) is 24.2 Å². The zero-order chi connectivity index (χ0) is 13.8. The minimum Gasteiger partial charge on any atom is -0.447 e. The molecule has 1 atom stereocenters. The number of rotatable bonds is 0. The first-order valence-electron chi connectivity index (χ1n) is 6.54. The van der Waals surface area contributed by atoms with Crippen molar-refractivity contribution in [1.82, 2.24) is 10.3 Å². The molecule has 7 heteroatoms. The van der Waals surface area contributed by atoms with E-state index in [1.54, 1.807) is 6.20 Å². The van der Waals surface area contributed by atoms with E-state index in [9.17, 15) is 4.79 Å². The molecule has 1 aliphatic carbocycles. The second-order valence-corrected chi connectivity index (χ2v) is 5.62. The number of cyclic esters (lactones) is 1. The SMILES string of the molecule is O=C1N[C@]2(CCC3(OCCO3)c3c2ccnc3Cl)CO1. The summed E-state index contributed by atoms with van der Waals surface area (Å²) in [6.45, 7) is 1.34. The Morgan fingerprint density at radius 1 is 1.30 bits per heavy atom. The molecule has 2 spiro atoms. The summed E-state index contributed by atoms with van der Waals surface area (Å²) in [5.74, 6) is -0.834. The Morgan fingerprint density at radius 2 is 2.10 bits per heavy atom. The smallest absolute Gasteiger partial charge is 0.408 e. The van der Waals surface area contributed by atoms with Crippen LogP contribution in [0, 0.1) is 0 Å². The molecule has 2 aliphatic heterocycles. The first-order chi connectivity index (χ1) is 9.65. The van der Waals surface area contributed by atoms with Gasteiger partial charge >= 0.3 is 6.09 Å². The average molecular weight is 297 g/mol. The molecule has 1 amide bonds. The zero-order valence-corrected chi connectivity index (χ0v) is 11.4. The van der Waals surface area contributed by atoms with Crippen LogP contribution in [0.3, 0.4) is 0 Å². The van der Waals surface area contributed by atoms with Crippen LogP contribution in [0.15, 0.2) is 12.3 Å². The van der Waals surface area contributed by atoms with Crippen molar-refractivity contribution >= 4 is 17.7 Å². The number of hydrogen-bond donors (Lipinski definition) is 1. The van der Waals surface area contributed by atoms with E-state index < -0.39 is 17.4 Å². The molecule has 1 N–H and O–H groups in total. The van der Waals surface area contributed by atoms with Crippen LogP contribution in [0.25, 0.3) is 0 Å². The third-order valence-electron chi connectivity index (χ3n) is 4.23. The number of hydrogen-bond acceptors (Lipinski definition) is 5. The van der Waals surface area contributed by atoms with Gasteiger partial charge in [-0.2, -0.15) is 0 Å². The average Bonchev–Trinajstić information content (AvgIpc) is 3.04. The van der Waals surface area contributed by atoms with Gasteiger partial charge in [-0.05, 0) is 18.1 Å². The van der Waals surface area contributed by atoms with E-state index >= 15 is 0 Å². The second-order valence-electron chi connectivity index (χ2n) is 5.26. The predicted molar refractivity (Wildman–Crippen MR) is 68.2 cm³/mol. The summed E-state index contributed by atoms with van der Waals surface area (Å²) in [6.07, 6.45) is 2.50. The number of nitrogens with zero attached hydrogens (tertiary/aromatic N) is 1. The molecule has 2 fully saturated rings. The molecule has 106 valence electrons. The summed E-state index contributed by atoms with van der Waals surface area (Å²) in [7, 11) is 0. The van der Waals surface area contributed by atoms with Gasteiger partial charge in [0.2, 0.25) is 0 Å². The Labute approximate surface area is 120 Å². The number of amides is 1. The van der Waals surface area contributed by atoms with Crippen molar-refractivity contribution in [2.75, 3.05) is 19.8 Å². The minimum atomic E-state index is -0.834. The Bertz CT molecular complexity index is 588.